The number of aromatic nitrogens is 4. The lowest BCUT2D eigenvalue weighted by atomic mass is 10.2. The van der Waals surface area contributed by atoms with Crippen LogP contribution in [-0.2, 0) is 4.74 Å². The Hall–Kier alpha value is -1.95. The molecule has 1 fully saturated rings. The Morgan fingerprint density at radius 1 is 1.25 bits per heavy atom. The topological polar surface area (TPSA) is 64.9 Å². The first-order valence-corrected chi connectivity index (χ1v) is 6.90. The van der Waals surface area contributed by atoms with Crippen molar-refractivity contribution in [3.05, 3.63) is 30.1 Å². The second-order valence-electron chi connectivity index (χ2n) is 5.19. The number of nitrogens with one attached hydrogen (secondary N) is 1. The van der Waals surface area contributed by atoms with Crippen LogP contribution in [0.5, 0.6) is 0 Å². The summed E-state index contributed by atoms with van der Waals surface area (Å²) in [5.41, 5.74) is 0.963. The van der Waals surface area contributed by atoms with Crippen molar-refractivity contribution < 1.29 is 4.74 Å². The fourth-order valence-corrected chi connectivity index (χ4v) is 2.56. The largest absolute Gasteiger partial charge is 0.381 e. The third kappa shape index (κ3) is 2.80. The molecule has 6 nitrogen and oxygen atoms in total. The van der Waals surface area contributed by atoms with E-state index in [1.165, 1.54) is 0 Å². The van der Waals surface area contributed by atoms with E-state index in [-0.39, 0.29) is 0 Å². The van der Waals surface area contributed by atoms with Crippen LogP contribution >= 0.6 is 0 Å². The van der Waals surface area contributed by atoms with Gasteiger partial charge in [0.05, 0.1) is 11.8 Å². The zero-order valence-electron chi connectivity index (χ0n) is 11.8. The van der Waals surface area contributed by atoms with Gasteiger partial charge in [-0.25, -0.2) is 4.68 Å². The molecule has 1 N–H and O–H groups in total. The number of methoxy groups -OCH3 is 1. The van der Waals surface area contributed by atoms with Gasteiger partial charge in [0.25, 0.3) is 0 Å². The first-order valence-electron chi connectivity index (χ1n) is 6.90. The van der Waals surface area contributed by atoms with Crippen molar-refractivity contribution in [3.8, 4) is 5.82 Å². The molecule has 1 aliphatic rings. The molecule has 0 bridgehead atoms. The third-order valence-electron chi connectivity index (χ3n) is 3.68. The molecule has 2 unspecified atom stereocenters. The fraction of sp³-hybridized carbons (Fsp3) is 0.500. The van der Waals surface area contributed by atoms with Crippen LogP contribution in [0.3, 0.4) is 0 Å². The summed E-state index contributed by atoms with van der Waals surface area (Å²) >= 11 is 0. The average Bonchev–Trinajstić information content (AvgIpc) is 3.09. The molecule has 0 aliphatic heterocycles. The van der Waals surface area contributed by atoms with Crippen LogP contribution in [0, 0.1) is 6.92 Å². The maximum atomic E-state index is 5.37. The number of aryl methyl sites for hydroxylation is 1. The van der Waals surface area contributed by atoms with Crippen molar-refractivity contribution >= 4 is 5.82 Å². The smallest absolute Gasteiger partial charge is 0.175 e. The van der Waals surface area contributed by atoms with E-state index in [1.807, 2.05) is 31.3 Å². The summed E-state index contributed by atoms with van der Waals surface area (Å²) in [6, 6.07) is 6.23. The first kappa shape index (κ1) is 13.1. The molecule has 2 atom stereocenters. The highest BCUT2D eigenvalue weighted by Crippen LogP contribution is 2.24. The summed E-state index contributed by atoms with van der Waals surface area (Å²) in [6.45, 7) is 1.95. The maximum Gasteiger partial charge on any atom is 0.175 e. The molecular formula is C14H19N5O. The summed E-state index contributed by atoms with van der Waals surface area (Å²) in [5.74, 6) is 1.53. The van der Waals surface area contributed by atoms with Crippen molar-refractivity contribution in [2.45, 2.75) is 38.3 Å². The molecule has 6 heteroatoms. The predicted octanol–water partition coefficient (Wildman–Crippen LogP) is 1.95. The predicted molar refractivity (Wildman–Crippen MR) is 75.9 cm³/mol. The number of ether oxygens (including phenoxy) is 1. The van der Waals surface area contributed by atoms with Crippen molar-refractivity contribution in [2.75, 3.05) is 12.4 Å². The van der Waals surface area contributed by atoms with Gasteiger partial charge in [0.15, 0.2) is 5.82 Å². The Kier molecular flexibility index (Phi) is 3.64. The van der Waals surface area contributed by atoms with E-state index in [4.69, 9.17) is 4.74 Å². The molecule has 1 saturated carbocycles. The number of hydrogen-bond acceptors (Lipinski definition) is 5. The van der Waals surface area contributed by atoms with Gasteiger partial charge in [0, 0.05) is 19.3 Å². The number of anilines is 1. The molecular weight excluding hydrogens is 254 g/mol. The van der Waals surface area contributed by atoms with Crippen LogP contribution in [0.25, 0.3) is 5.82 Å². The van der Waals surface area contributed by atoms with Gasteiger partial charge in [0.1, 0.15) is 5.82 Å². The molecule has 1 aliphatic carbocycles. The lowest BCUT2D eigenvalue weighted by molar-refractivity contribution is 0.108. The van der Waals surface area contributed by atoms with Crippen LogP contribution in [0.2, 0.25) is 0 Å². The monoisotopic (exact) mass is 273 g/mol. The molecule has 0 spiro atoms. The SMILES string of the molecule is COC1CCC(Nc2ccc(-n3ccc(C)n3)nn2)C1. The average molecular weight is 273 g/mol. The highest BCUT2D eigenvalue weighted by atomic mass is 16.5. The van der Waals surface area contributed by atoms with Crippen LogP contribution in [0.4, 0.5) is 5.82 Å². The highest BCUT2D eigenvalue weighted by Gasteiger charge is 2.24. The summed E-state index contributed by atoms with van der Waals surface area (Å²) in [4.78, 5) is 0. The highest BCUT2D eigenvalue weighted by molar-refractivity contribution is 5.37. The molecule has 0 aromatic carbocycles. The van der Waals surface area contributed by atoms with Crippen molar-refractivity contribution in [3.63, 3.8) is 0 Å². The van der Waals surface area contributed by atoms with Crippen LogP contribution in [-0.4, -0.2) is 39.2 Å². The van der Waals surface area contributed by atoms with Crippen molar-refractivity contribution in [2.24, 2.45) is 0 Å². The summed E-state index contributed by atoms with van der Waals surface area (Å²) < 4.78 is 7.10. The van der Waals surface area contributed by atoms with Gasteiger partial charge < -0.3 is 10.1 Å². The second kappa shape index (κ2) is 5.58. The van der Waals surface area contributed by atoms with Gasteiger partial charge in [-0.2, -0.15) is 5.10 Å². The van der Waals surface area contributed by atoms with Gasteiger partial charge in [-0.15, -0.1) is 10.2 Å². The molecule has 20 heavy (non-hydrogen) atoms. The van der Waals surface area contributed by atoms with Crippen molar-refractivity contribution in [1.82, 2.24) is 20.0 Å². The minimum absolute atomic E-state index is 0.367. The molecule has 0 amide bonds. The lowest BCUT2D eigenvalue weighted by Gasteiger charge is -2.13. The minimum Gasteiger partial charge on any atom is -0.381 e. The van der Waals surface area contributed by atoms with Gasteiger partial charge in [-0.05, 0) is 44.4 Å². The van der Waals surface area contributed by atoms with Crippen LogP contribution in [0.1, 0.15) is 25.0 Å². The Morgan fingerprint density at radius 3 is 2.75 bits per heavy atom. The van der Waals surface area contributed by atoms with Crippen LogP contribution in [0.15, 0.2) is 24.4 Å². The normalized spacial score (nSPS) is 22.1. The summed E-state index contributed by atoms with van der Waals surface area (Å²) in [5, 5.41) is 16.1. The third-order valence-corrected chi connectivity index (χ3v) is 3.68. The molecule has 2 heterocycles. The minimum atomic E-state index is 0.367. The molecule has 2 aromatic rings. The Labute approximate surface area is 118 Å². The fourth-order valence-electron chi connectivity index (χ4n) is 2.56. The number of rotatable bonds is 4. The zero-order chi connectivity index (χ0) is 13.9. The van der Waals surface area contributed by atoms with E-state index in [0.717, 1.165) is 36.6 Å². The molecule has 3 rings (SSSR count). The van der Waals surface area contributed by atoms with Gasteiger partial charge in [0.2, 0.25) is 0 Å². The standard InChI is InChI=1S/C14H19N5O/c1-10-7-8-19(18-10)14-6-5-13(16-17-14)15-11-3-4-12(9-11)20-2/h5-8,11-12H,3-4,9H2,1-2H3,(H,15,16). The molecule has 0 radical (unpaired) electrons. The van der Waals surface area contributed by atoms with Crippen LogP contribution < -0.4 is 5.32 Å². The lowest BCUT2D eigenvalue weighted by Crippen LogP contribution is -2.18. The van der Waals surface area contributed by atoms with E-state index < -0.39 is 0 Å². The van der Waals surface area contributed by atoms with E-state index in [9.17, 15) is 0 Å². The summed E-state index contributed by atoms with van der Waals surface area (Å²) in [6.07, 6.45) is 5.49. The second-order valence-corrected chi connectivity index (χ2v) is 5.19. The maximum absolute atomic E-state index is 5.37. The Bertz CT molecular complexity index is 565. The zero-order valence-corrected chi connectivity index (χ0v) is 11.8. The van der Waals surface area contributed by atoms with E-state index in [0.29, 0.717) is 12.1 Å². The van der Waals surface area contributed by atoms with Gasteiger partial charge in [-0.3, -0.25) is 0 Å². The Morgan fingerprint density at radius 2 is 2.15 bits per heavy atom. The molecule has 0 saturated heterocycles. The van der Waals surface area contributed by atoms with Crippen molar-refractivity contribution in [1.29, 1.82) is 0 Å². The number of nitrogens with zero attached hydrogens (tertiary/aromatic N) is 4. The van der Waals surface area contributed by atoms with E-state index in [1.54, 1.807) is 11.8 Å². The van der Waals surface area contributed by atoms with Gasteiger partial charge >= 0.3 is 0 Å². The number of hydrogen-bond donors (Lipinski definition) is 1. The molecule has 106 valence electrons. The quantitative estimate of drug-likeness (QED) is 0.922. The summed E-state index contributed by atoms with van der Waals surface area (Å²) in [7, 11) is 1.77. The Balaban J connectivity index is 1.65. The van der Waals surface area contributed by atoms with E-state index in [2.05, 4.69) is 20.6 Å². The van der Waals surface area contributed by atoms with E-state index >= 15 is 0 Å². The van der Waals surface area contributed by atoms with Gasteiger partial charge in [-0.1, -0.05) is 0 Å². The first-order chi connectivity index (χ1) is 9.74. The molecule has 2 aromatic heterocycles.